The first-order valence-corrected chi connectivity index (χ1v) is 8.76. The molecule has 0 saturated carbocycles. The first kappa shape index (κ1) is 16.9. The standard InChI is InChI=1S/C18H21N5O3/c24-16(20-11-14-2-1-5-19-10-14)15-12-21-17(22-13-15)23-6-3-18(4-7-23)25-8-9-26-18/h1-2,5,10,12-13H,3-4,6-9,11H2,(H,20,24). The van der Waals surface area contributed by atoms with Crippen molar-refractivity contribution in [2.75, 3.05) is 31.2 Å². The molecule has 2 aliphatic heterocycles. The van der Waals surface area contributed by atoms with Crippen LogP contribution in [0.5, 0.6) is 0 Å². The summed E-state index contributed by atoms with van der Waals surface area (Å²) in [7, 11) is 0. The predicted octanol–water partition coefficient (Wildman–Crippen LogP) is 1.14. The van der Waals surface area contributed by atoms with Gasteiger partial charge in [-0.3, -0.25) is 9.78 Å². The van der Waals surface area contributed by atoms with Gasteiger partial charge in [0.1, 0.15) is 0 Å². The van der Waals surface area contributed by atoms with Crippen LogP contribution in [0, 0.1) is 0 Å². The highest BCUT2D eigenvalue weighted by atomic mass is 16.7. The number of aromatic nitrogens is 3. The van der Waals surface area contributed by atoms with Gasteiger partial charge in [-0.25, -0.2) is 9.97 Å². The number of amides is 1. The van der Waals surface area contributed by atoms with E-state index < -0.39 is 5.79 Å². The molecule has 2 aromatic rings. The van der Waals surface area contributed by atoms with E-state index in [1.54, 1.807) is 24.8 Å². The molecule has 2 aromatic heterocycles. The summed E-state index contributed by atoms with van der Waals surface area (Å²) in [6.45, 7) is 3.29. The Morgan fingerprint density at radius 3 is 2.54 bits per heavy atom. The third kappa shape index (κ3) is 3.66. The Kier molecular flexibility index (Phi) is 4.77. The summed E-state index contributed by atoms with van der Waals surface area (Å²) in [5, 5.41) is 2.84. The van der Waals surface area contributed by atoms with E-state index in [9.17, 15) is 4.79 Å². The minimum Gasteiger partial charge on any atom is -0.348 e. The molecule has 0 bridgehead atoms. The number of pyridine rings is 1. The number of carbonyl (C=O) groups excluding carboxylic acids is 1. The lowest BCUT2D eigenvalue weighted by Crippen LogP contribution is -2.45. The van der Waals surface area contributed by atoms with Crippen LogP contribution in [-0.2, 0) is 16.0 Å². The second kappa shape index (κ2) is 7.35. The zero-order valence-corrected chi connectivity index (χ0v) is 14.4. The number of ether oxygens (including phenoxy) is 2. The highest BCUT2D eigenvalue weighted by molar-refractivity contribution is 5.93. The summed E-state index contributed by atoms with van der Waals surface area (Å²) in [4.78, 5) is 27.0. The molecule has 1 N–H and O–H groups in total. The SMILES string of the molecule is O=C(NCc1cccnc1)c1cnc(N2CCC3(CC2)OCCO3)nc1. The highest BCUT2D eigenvalue weighted by Crippen LogP contribution is 2.32. The fourth-order valence-electron chi connectivity index (χ4n) is 3.22. The number of anilines is 1. The van der Waals surface area contributed by atoms with Gasteiger partial charge in [0.2, 0.25) is 5.95 Å². The molecule has 0 unspecified atom stereocenters. The molecule has 2 fully saturated rings. The zero-order chi connectivity index (χ0) is 17.8. The van der Waals surface area contributed by atoms with Crippen molar-refractivity contribution in [1.29, 1.82) is 0 Å². The van der Waals surface area contributed by atoms with E-state index >= 15 is 0 Å². The van der Waals surface area contributed by atoms with Crippen molar-refractivity contribution in [3.8, 4) is 0 Å². The van der Waals surface area contributed by atoms with Crippen LogP contribution in [0.25, 0.3) is 0 Å². The smallest absolute Gasteiger partial charge is 0.254 e. The van der Waals surface area contributed by atoms with Gasteiger partial charge < -0.3 is 19.7 Å². The fourth-order valence-corrected chi connectivity index (χ4v) is 3.22. The van der Waals surface area contributed by atoms with E-state index in [-0.39, 0.29) is 5.91 Å². The number of hydrogen-bond donors (Lipinski definition) is 1. The topological polar surface area (TPSA) is 89.5 Å². The molecule has 26 heavy (non-hydrogen) atoms. The van der Waals surface area contributed by atoms with E-state index in [1.165, 1.54) is 0 Å². The Morgan fingerprint density at radius 2 is 1.88 bits per heavy atom. The molecule has 2 saturated heterocycles. The average Bonchev–Trinajstić information content (AvgIpc) is 3.16. The number of carbonyl (C=O) groups is 1. The monoisotopic (exact) mass is 355 g/mol. The van der Waals surface area contributed by atoms with Gasteiger partial charge >= 0.3 is 0 Å². The molecule has 4 rings (SSSR count). The van der Waals surface area contributed by atoms with Crippen molar-refractivity contribution in [2.24, 2.45) is 0 Å². The molecular formula is C18H21N5O3. The summed E-state index contributed by atoms with van der Waals surface area (Å²) in [5.74, 6) is 0.00946. The minimum atomic E-state index is -0.414. The number of hydrogen-bond acceptors (Lipinski definition) is 7. The van der Waals surface area contributed by atoms with Gasteiger partial charge in [0.15, 0.2) is 5.79 Å². The molecular weight excluding hydrogens is 334 g/mol. The number of piperidine rings is 1. The van der Waals surface area contributed by atoms with Gasteiger partial charge in [0.25, 0.3) is 5.91 Å². The van der Waals surface area contributed by atoms with Crippen LogP contribution in [0.3, 0.4) is 0 Å². The van der Waals surface area contributed by atoms with Crippen LogP contribution in [-0.4, -0.2) is 52.9 Å². The lowest BCUT2D eigenvalue weighted by Gasteiger charge is -2.37. The molecule has 0 atom stereocenters. The van der Waals surface area contributed by atoms with Gasteiger partial charge in [-0.15, -0.1) is 0 Å². The maximum absolute atomic E-state index is 12.2. The lowest BCUT2D eigenvalue weighted by molar-refractivity contribution is -0.169. The van der Waals surface area contributed by atoms with Gasteiger partial charge in [-0.05, 0) is 11.6 Å². The Bertz CT molecular complexity index is 737. The third-order valence-electron chi connectivity index (χ3n) is 4.70. The van der Waals surface area contributed by atoms with Gasteiger partial charge in [0, 0.05) is 57.3 Å². The van der Waals surface area contributed by atoms with Gasteiger partial charge in [-0.2, -0.15) is 0 Å². The normalized spacial score (nSPS) is 18.8. The fraction of sp³-hybridized carbons (Fsp3) is 0.444. The molecule has 136 valence electrons. The molecule has 4 heterocycles. The predicted molar refractivity (Wildman–Crippen MR) is 93.5 cm³/mol. The van der Waals surface area contributed by atoms with Crippen LogP contribution in [0.2, 0.25) is 0 Å². The summed E-state index contributed by atoms with van der Waals surface area (Å²) in [6, 6.07) is 3.75. The maximum atomic E-state index is 12.2. The van der Waals surface area contributed by atoms with Crippen LogP contribution < -0.4 is 10.2 Å². The Morgan fingerprint density at radius 1 is 1.15 bits per heavy atom. The van der Waals surface area contributed by atoms with Crippen molar-refractivity contribution in [3.63, 3.8) is 0 Å². The number of nitrogens with zero attached hydrogens (tertiary/aromatic N) is 4. The molecule has 1 spiro atoms. The van der Waals surface area contributed by atoms with E-state index in [0.717, 1.165) is 31.5 Å². The molecule has 8 heteroatoms. The maximum Gasteiger partial charge on any atom is 0.254 e. The Hall–Kier alpha value is -2.58. The summed E-state index contributed by atoms with van der Waals surface area (Å²) < 4.78 is 11.5. The minimum absolute atomic E-state index is 0.203. The third-order valence-corrected chi connectivity index (χ3v) is 4.70. The van der Waals surface area contributed by atoms with E-state index in [4.69, 9.17) is 9.47 Å². The lowest BCUT2D eigenvalue weighted by atomic mass is 10.0. The molecule has 0 radical (unpaired) electrons. The van der Waals surface area contributed by atoms with E-state index in [1.807, 2.05) is 12.1 Å². The molecule has 8 nitrogen and oxygen atoms in total. The second-order valence-corrected chi connectivity index (χ2v) is 6.41. The quantitative estimate of drug-likeness (QED) is 0.880. The van der Waals surface area contributed by atoms with Crippen LogP contribution >= 0.6 is 0 Å². The van der Waals surface area contributed by atoms with E-state index in [0.29, 0.717) is 31.3 Å². The average molecular weight is 355 g/mol. The largest absolute Gasteiger partial charge is 0.348 e. The van der Waals surface area contributed by atoms with Crippen molar-refractivity contribution in [3.05, 3.63) is 48.0 Å². The molecule has 2 aliphatic rings. The Balaban J connectivity index is 1.32. The highest BCUT2D eigenvalue weighted by Gasteiger charge is 2.40. The van der Waals surface area contributed by atoms with E-state index in [2.05, 4.69) is 25.2 Å². The summed E-state index contributed by atoms with van der Waals surface area (Å²) in [6.07, 6.45) is 8.14. The summed E-state index contributed by atoms with van der Waals surface area (Å²) >= 11 is 0. The van der Waals surface area contributed by atoms with Crippen LogP contribution in [0.4, 0.5) is 5.95 Å². The van der Waals surface area contributed by atoms with Crippen molar-refractivity contribution in [1.82, 2.24) is 20.3 Å². The first-order valence-electron chi connectivity index (χ1n) is 8.76. The number of nitrogens with one attached hydrogen (secondary N) is 1. The van der Waals surface area contributed by atoms with Gasteiger partial charge in [-0.1, -0.05) is 6.07 Å². The Labute approximate surface area is 151 Å². The van der Waals surface area contributed by atoms with Crippen LogP contribution in [0.1, 0.15) is 28.8 Å². The zero-order valence-electron chi connectivity index (χ0n) is 14.4. The molecule has 1 amide bonds. The molecule has 0 aromatic carbocycles. The first-order chi connectivity index (χ1) is 12.7. The van der Waals surface area contributed by atoms with Crippen LogP contribution in [0.15, 0.2) is 36.9 Å². The second-order valence-electron chi connectivity index (χ2n) is 6.41. The summed E-state index contributed by atoms with van der Waals surface area (Å²) in [5.41, 5.74) is 1.38. The molecule has 0 aliphatic carbocycles. The number of rotatable bonds is 4. The van der Waals surface area contributed by atoms with Crippen molar-refractivity contribution < 1.29 is 14.3 Å². The van der Waals surface area contributed by atoms with Crippen molar-refractivity contribution >= 4 is 11.9 Å². The van der Waals surface area contributed by atoms with Crippen molar-refractivity contribution in [2.45, 2.75) is 25.2 Å². The van der Waals surface area contributed by atoms with Gasteiger partial charge in [0.05, 0.1) is 18.8 Å².